The summed E-state index contributed by atoms with van der Waals surface area (Å²) in [5, 5.41) is 8.22. The molecule has 1 aromatic rings. The van der Waals surface area contributed by atoms with Gasteiger partial charge in [-0.05, 0) is 11.6 Å². The summed E-state index contributed by atoms with van der Waals surface area (Å²) in [5.41, 5.74) is -5.45. The number of aliphatic hydroxyl groups excluding tert-OH is 1. The molecule has 0 aliphatic carbocycles. The molecule has 0 amide bonds. The zero-order valence-corrected chi connectivity index (χ0v) is 10.7. The predicted molar refractivity (Wildman–Crippen MR) is 58.0 cm³/mol. The number of benzene rings is 1. The van der Waals surface area contributed by atoms with Crippen LogP contribution in [0.5, 0.6) is 5.75 Å². The summed E-state index contributed by atoms with van der Waals surface area (Å²) in [7, 11) is -5.82. The molecule has 4 nitrogen and oxygen atoms in total. The standard InChI is InChI=1S/C8H5Cl2F3O4S/c9-5-2-7(6(10)1-4(5)3-14)17-18(15,16)8(11,12)13/h1-2,14H,3H2. The fourth-order valence-corrected chi connectivity index (χ4v) is 1.87. The van der Waals surface area contributed by atoms with E-state index >= 15 is 0 Å². The van der Waals surface area contributed by atoms with Gasteiger partial charge in [0.2, 0.25) is 0 Å². The molecule has 0 aromatic heterocycles. The molecule has 0 saturated heterocycles. The van der Waals surface area contributed by atoms with Gasteiger partial charge in [0.15, 0.2) is 5.75 Å². The molecule has 1 aromatic carbocycles. The maximum Gasteiger partial charge on any atom is 0.534 e. The molecule has 0 atom stereocenters. The Bertz CT molecular complexity index is 556. The fourth-order valence-electron chi connectivity index (χ4n) is 0.920. The number of rotatable bonds is 3. The second-order valence-electron chi connectivity index (χ2n) is 3.02. The van der Waals surface area contributed by atoms with Crippen LogP contribution in [0.2, 0.25) is 10.0 Å². The Hall–Kier alpha value is -0.700. The number of aliphatic hydroxyl groups is 1. The van der Waals surface area contributed by atoms with Crippen molar-refractivity contribution in [3.05, 3.63) is 27.7 Å². The molecule has 102 valence electrons. The fraction of sp³-hybridized carbons (Fsp3) is 0.250. The van der Waals surface area contributed by atoms with Gasteiger partial charge in [0.25, 0.3) is 0 Å². The van der Waals surface area contributed by atoms with E-state index in [4.69, 9.17) is 28.3 Å². The van der Waals surface area contributed by atoms with Gasteiger partial charge in [-0.2, -0.15) is 21.6 Å². The highest BCUT2D eigenvalue weighted by Gasteiger charge is 2.48. The van der Waals surface area contributed by atoms with E-state index in [2.05, 4.69) is 4.18 Å². The van der Waals surface area contributed by atoms with Crippen LogP contribution in [0.15, 0.2) is 12.1 Å². The zero-order valence-electron chi connectivity index (χ0n) is 8.33. The molecule has 10 heteroatoms. The molecule has 0 saturated carbocycles. The summed E-state index contributed by atoms with van der Waals surface area (Å²) in [5.74, 6) is -0.767. The Labute approximate surface area is 110 Å². The lowest BCUT2D eigenvalue weighted by molar-refractivity contribution is -0.0500. The first-order chi connectivity index (χ1) is 8.08. The minimum absolute atomic E-state index is 0.124. The Balaban J connectivity index is 3.18. The minimum Gasteiger partial charge on any atom is -0.392 e. The van der Waals surface area contributed by atoms with E-state index in [1.54, 1.807) is 0 Å². The van der Waals surface area contributed by atoms with Crippen LogP contribution in [0.4, 0.5) is 13.2 Å². The van der Waals surface area contributed by atoms with E-state index in [1.807, 2.05) is 0 Å². The average molecular weight is 325 g/mol. The highest BCUT2D eigenvalue weighted by atomic mass is 35.5. The number of hydrogen-bond acceptors (Lipinski definition) is 4. The van der Waals surface area contributed by atoms with Gasteiger partial charge < -0.3 is 9.29 Å². The summed E-state index contributed by atoms with van der Waals surface area (Å²) in [4.78, 5) is 0. The van der Waals surface area contributed by atoms with Crippen LogP contribution >= 0.6 is 23.2 Å². The average Bonchev–Trinajstić information content (AvgIpc) is 2.21. The topological polar surface area (TPSA) is 63.6 Å². The number of hydrogen-bond donors (Lipinski definition) is 1. The van der Waals surface area contributed by atoms with Gasteiger partial charge in [0, 0.05) is 11.1 Å². The minimum atomic E-state index is -5.82. The van der Waals surface area contributed by atoms with Gasteiger partial charge in [-0.15, -0.1) is 0 Å². The van der Waals surface area contributed by atoms with Crippen LogP contribution in [0.3, 0.4) is 0 Å². The van der Waals surface area contributed by atoms with Crippen molar-refractivity contribution in [2.24, 2.45) is 0 Å². The first kappa shape index (κ1) is 15.4. The van der Waals surface area contributed by atoms with Gasteiger partial charge in [0.1, 0.15) is 0 Å². The molecule has 0 heterocycles. The van der Waals surface area contributed by atoms with Gasteiger partial charge in [0.05, 0.1) is 11.6 Å². The van der Waals surface area contributed by atoms with Crippen molar-refractivity contribution < 1.29 is 30.9 Å². The van der Waals surface area contributed by atoms with Crippen molar-refractivity contribution in [3.63, 3.8) is 0 Å². The molecule has 0 aliphatic rings. The van der Waals surface area contributed by atoms with Gasteiger partial charge in [-0.3, -0.25) is 0 Å². The van der Waals surface area contributed by atoms with Crippen molar-refractivity contribution >= 4 is 33.3 Å². The third-order valence-corrected chi connectivity index (χ3v) is 3.37. The molecule has 1 N–H and O–H groups in total. The van der Waals surface area contributed by atoms with Crippen molar-refractivity contribution in [2.75, 3.05) is 0 Å². The van der Waals surface area contributed by atoms with Crippen molar-refractivity contribution in [2.45, 2.75) is 12.1 Å². The molecule has 1 rings (SSSR count). The van der Waals surface area contributed by atoms with E-state index in [0.717, 1.165) is 12.1 Å². The Morgan fingerprint density at radius 2 is 1.78 bits per heavy atom. The quantitative estimate of drug-likeness (QED) is 0.686. The molecule has 0 spiro atoms. The lowest BCUT2D eigenvalue weighted by Crippen LogP contribution is -2.28. The van der Waals surface area contributed by atoms with Crippen LogP contribution in [-0.4, -0.2) is 19.0 Å². The largest absolute Gasteiger partial charge is 0.534 e. The van der Waals surface area contributed by atoms with Crippen LogP contribution < -0.4 is 4.18 Å². The summed E-state index contributed by atoms with van der Waals surface area (Å²) in [6.45, 7) is -0.509. The van der Waals surface area contributed by atoms with Crippen molar-refractivity contribution in [1.82, 2.24) is 0 Å². The molecule has 0 fully saturated rings. The number of halogens is 5. The van der Waals surface area contributed by atoms with Crippen molar-refractivity contribution in [1.29, 1.82) is 0 Å². The second-order valence-corrected chi connectivity index (χ2v) is 5.37. The maximum absolute atomic E-state index is 12.1. The summed E-state index contributed by atoms with van der Waals surface area (Å²) in [6, 6.07) is 1.78. The van der Waals surface area contributed by atoms with E-state index in [-0.39, 0.29) is 10.6 Å². The normalized spacial score (nSPS) is 12.6. The third-order valence-electron chi connectivity index (χ3n) is 1.75. The maximum atomic E-state index is 12.1. The van der Waals surface area contributed by atoms with Crippen LogP contribution in [-0.2, 0) is 16.7 Å². The lowest BCUT2D eigenvalue weighted by Gasteiger charge is -2.11. The first-order valence-electron chi connectivity index (χ1n) is 4.18. The van der Waals surface area contributed by atoms with Gasteiger partial charge in [-0.1, -0.05) is 23.2 Å². The zero-order chi connectivity index (χ0) is 14.1. The summed E-state index contributed by atoms with van der Waals surface area (Å²) >= 11 is 11.1. The second kappa shape index (κ2) is 5.12. The molecule has 18 heavy (non-hydrogen) atoms. The van der Waals surface area contributed by atoms with Crippen LogP contribution in [0.25, 0.3) is 0 Å². The molecular weight excluding hydrogens is 320 g/mol. The smallest absolute Gasteiger partial charge is 0.392 e. The Morgan fingerprint density at radius 3 is 2.22 bits per heavy atom. The Kier molecular flexibility index (Phi) is 4.37. The molecule has 0 bridgehead atoms. The SMILES string of the molecule is O=S(=O)(Oc1cc(Cl)c(CO)cc1Cl)C(F)(F)F. The number of alkyl halides is 3. The van der Waals surface area contributed by atoms with Crippen LogP contribution in [0, 0.1) is 0 Å². The highest BCUT2D eigenvalue weighted by Crippen LogP contribution is 2.35. The first-order valence-corrected chi connectivity index (χ1v) is 6.34. The molecule has 0 unspecified atom stereocenters. The molecular formula is C8H5Cl2F3O4S. The highest BCUT2D eigenvalue weighted by molar-refractivity contribution is 7.88. The van der Waals surface area contributed by atoms with Crippen molar-refractivity contribution in [3.8, 4) is 5.75 Å². The van der Waals surface area contributed by atoms with E-state index in [0.29, 0.717) is 0 Å². The predicted octanol–water partition coefficient (Wildman–Crippen LogP) is 2.71. The monoisotopic (exact) mass is 324 g/mol. The molecule has 0 aliphatic heterocycles. The lowest BCUT2D eigenvalue weighted by atomic mass is 10.2. The third kappa shape index (κ3) is 3.19. The van der Waals surface area contributed by atoms with E-state index in [1.165, 1.54) is 0 Å². The van der Waals surface area contributed by atoms with Gasteiger partial charge in [-0.25, -0.2) is 0 Å². The van der Waals surface area contributed by atoms with Gasteiger partial charge >= 0.3 is 15.6 Å². The van der Waals surface area contributed by atoms with E-state index < -0.39 is 33.0 Å². The Morgan fingerprint density at radius 1 is 1.22 bits per heavy atom. The van der Waals surface area contributed by atoms with E-state index in [9.17, 15) is 21.6 Å². The molecule has 0 radical (unpaired) electrons. The summed E-state index contributed by atoms with van der Waals surface area (Å²) in [6.07, 6.45) is 0. The summed E-state index contributed by atoms with van der Waals surface area (Å²) < 4.78 is 61.5. The van der Waals surface area contributed by atoms with Crippen LogP contribution in [0.1, 0.15) is 5.56 Å².